The predicted molar refractivity (Wildman–Crippen MR) is 92.3 cm³/mol. The normalized spacial score (nSPS) is 10.2. The summed E-state index contributed by atoms with van der Waals surface area (Å²) in [6.45, 7) is 6.60. The summed E-state index contributed by atoms with van der Waals surface area (Å²) in [5.74, 6) is 1.05. The zero-order chi connectivity index (χ0) is 16.7. The number of aryl methyl sites for hydroxylation is 2. The number of benzene rings is 2. The van der Waals surface area contributed by atoms with Crippen molar-refractivity contribution in [3.63, 3.8) is 0 Å². The quantitative estimate of drug-likeness (QED) is 0.837. The van der Waals surface area contributed by atoms with E-state index in [1.807, 2.05) is 57.2 Å². The molecule has 0 radical (unpaired) electrons. The van der Waals surface area contributed by atoms with Crippen molar-refractivity contribution in [2.45, 2.75) is 27.2 Å². The van der Waals surface area contributed by atoms with Crippen LogP contribution in [0.15, 0.2) is 42.5 Å². The molecule has 0 aliphatic carbocycles. The Morgan fingerprint density at radius 2 is 1.74 bits per heavy atom. The number of anilines is 1. The first kappa shape index (κ1) is 16.9. The average Bonchev–Trinajstić information content (AvgIpc) is 2.54. The average molecular weight is 313 g/mol. The van der Waals surface area contributed by atoms with Crippen LogP contribution < -0.4 is 14.8 Å². The first-order valence-corrected chi connectivity index (χ1v) is 7.82. The SMILES string of the molecule is CCCOc1ccccc1OCC(=O)Nc1ccc(C)cc1C. The molecule has 0 aliphatic heterocycles. The lowest BCUT2D eigenvalue weighted by molar-refractivity contribution is -0.118. The van der Waals surface area contributed by atoms with Crippen molar-refractivity contribution in [1.29, 1.82) is 0 Å². The fraction of sp³-hybridized carbons (Fsp3) is 0.316. The highest BCUT2D eigenvalue weighted by Gasteiger charge is 2.09. The molecule has 0 heterocycles. The zero-order valence-corrected chi connectivity index (χ0v) is 13.9. The Balaban J connectivity index is 1.94. The van der Waals surface area contributed by atoms with Crippen molar-refractivity contribution in [2.24, 2.45) is 0 Å². The number of para-hydroxylation sites is 2. The van der Waals surface area contributed by atoms with Gasteiger partial charge in [0.1, 0.15) is 0 Å². The molecule has 0 aliphatic rings. The van der Waals surface area contributed by atoms with Gasteiger partial charge in [0.15, 0.2) is 18.1 Å². The number of ether oxygens (including phenoxy) is 2. The van der Waals surface area contributed by atoms with Gasteiger partial charge in [0.25, 0.3) is 5.91 Å². The van der Waals surface area contributed by atoms with Gasteiger partial charge in [0.05, 0.1) is 6.61 Å². The third kappa shape index (κ3) is 5.02. The molecule has 1 amide bonds. The largest absolute Gasteiger partial charge is 0.490 e. The standard InChI is InChI=1S/C19H23NO3/c1-4-11-22-17-7-5-6-8-18(17)23-13-19(21)20-16-10-9-14(2)12-15(16)3/h5-10,12H,4,11,13H2,1-3H3,(H,20,21). The molecule has 0 saturated heterocycles. The highest BCUT2D eigenvalue weighted by atomic mass is 16.5. The first-order valence-electron chi connectivity index (χ1n) is 7.82. The molecular formula is C19H23NO3. The van der Waals surface area contributed by atoms with Crippen molar-refractivity contribution in [3.8, 4) is 11.5 Å². The molecule has 122 valence electrons. The molecule has 0 unspecified atom stereocenters. The summed E-state index contributed by atoms with van der Waals surface area (Å²) in [5.41, 5.74) is 3.00. The number of carbonyl (C=O) groups excluding carboxylic acids is 1. The van der Waals surface area contributed by atoms with Crippen LogP contribution in [0.25, 0.3) is 0 Å². The van der Waals surface area contributed by atoms with E-state index in [0.29, 0.717) is 18.1 Å². The third-order valence-corrected chi connectivity index (χ3v) is 3.33. The number of nitrogens with one attached hydrogen (secondary N) is 1. The van der Waals surface area contributed by atoms with Gasteiger partial charge < -0.3 is 14.8 Å². The number of carbonyl (C=O) groups is 1. The predicted octanol–water partition coefficient (Wildman–Crippen LogP) is 4.11. The zero-order valence-electron chi connectivity index (χ0n) is 13.9. The van der Waals surface area contributed by atoms with Gasteiger partial charge in [-0.1, -0.05) is 36.8 Å². The van der Waals surface area contributed by atoms with Crippen LogP contribution in [-0.2, 0) is 4.79 Å². The topological polar surface area (TPSA) is 47.6 Å². The highest BCUT2D eigenvalue weighted by Crippen LogP contribution is 2.26. The minimum absolute atomic E-state index is 0.0557. The Labute approximate surface area is 137 Å². The molecule has 2 rings (SSSR count). The van der Waals surface area contributed by atoms with Crippen molar-refractivity contribution < 1.29 is 14.3 Å². The van der Waals surface area contributed by atoms with Crippen LogP contribution in [-0.4, -0.2) is 19.1 Å². The van der Waals surface area contributed by atoms with E-state index in [1.165, 1.54) is 5.56 Å². The maximum atomic E-state index is 12.1. The summed E-state index contributed by atoms with van der Waals surface area (Å²) < 4.78 is 11.2. The van der Waals surface area contributed by atoms with Crippen LogP contribution in [0.1, 0.15) is 24.5 Å². The van der Waals surface area contributed by atoms with Crippen molar-refractivity contribution in [3.05, 3.63) is 53.6 Å². The summed E-state index contributed by atoms with van der Waals surface area (Å²) in [6.07, 6.45) is 0.918. The Kier molecular flexibility index (Phi) is 6.03. The van der Waals surface area contributed by atoms with Crippen molar-refractivity contribution >= 4 is 11.6 Å². The van der Waals surface area contributed by atoms with E-state index >= 15 is 0 Å². The van der Waals surface area contributed by atoms with Gasteiger partial charge >= 0.3 is 0 Å². The van der Waals surface area contributed by atoms with E-state index in [2.05, 4.69) is 5.32 Å². The second-order valence-corrected chi connectivity index (χ2v) is 5.45. The Hall–Kier alpha value is -2.49. The van der Waals surface area contributed by atoms with Crippen LogP contribution >= 0.6 is 0 Å². The number of rotatable bonds is 7. The lowest BCUT2D eigenvalue weighted by Crippen LogP contribution is -2.20. The molecular weight excluding hydrogens is 290 g/mol. The molecule has 0 bridgehead atoms. The molecule has 23 heavy (non-hydrogen) atoms. The molecule has 4 nitrogen and oxygen atoms in total. The van der Waals surface area contributed by atoms with E-state index in [0.717, 1.165) is 17.7 Å². The summed E-state index contributed by atoms with van der Waals surface area (Å²) in [7, 11) is 0. The van der Waals surface area contributed by atoms with E-state index in [9.17, 15) is 4.79 Å². The van der Waals surface area contributed by atoms with Gasteiger partial charge in [-0.25, -0.2) is 0 Å². The molecule has 2 aromatic carbocycles. The van der Waals surface area contributed by atoms with E-state index in [4.69, 9.17) is 9.47 Å². The molecule has 0 spiro atoms. The van der Waals surface area contributed by atoms with Crippen molar-refractivity contribution in [2.75, 3.05) is 18.5 Å². The molecule has 4 heteroatoms. The van der Waals surface area contributed by atoms with Crippen molar-refractivity contribution in [1.82, 2.24) is 0 Å². The second-order valence-electron chi connectivity index (χ2n) is 5.45. The summed E-state index contributed by atoms with van der Waals surface area (Å²) in [4.78, 5) is 12.1. The first-order chi connectivity index (χ1) is 11.1. The monoisotopic (exact) mass is 313 g/mol. The van der Waals surface area contributed by atoms with E-state index in [-0.39, 0.29) is 12.5 Å². The van der Waals surface area contributed by atoms with Gasteiger partial charge in [-0.3, -0.25) is 4.79 Å². The summed E-state index contributed by atoms with van der Waals surface area (Å²) in [5, 5.41) is 2.87. The fourth-order valence-corrected chi connectivity index (χ4v) is 2.18. The Morgan fingerprint density at radius 1 is 1.04 bits per heavy atom. The van der Waals surface area contributed by atoms with Gasteiger partial charge in [-0.15, -0.1) is 0 Å². The lowest BCUT2D eigenvalue weighted by Gasteiger charge is -2.13. The third-order valence-electron chi connectivity index (χ3n) is 3.33. The Bertz CT molecular complexity index is 667. The smallest absolute Gasteiger partial charge is 0.262 e. The van der Waals surface area contributed by atoms with Crippen LogP contribution in [0.2, 0.25) is 0 Å². The van der Waals surface area contributed by atoms with E-state index < -0.39 is 0 Å². The molecule has 0 fully saturated rings. The van der Waals surface area contributed by atoms with Crippen LogP contribution in [0.5, 0.6) is 11.5 Å². The summed E-state index contributed by atoms with van der Waals surface area (Å²) >= 11 is 0. The van der Waals surface area contributed by atoms with Gasteiger partial charge in [-0.05, 0) is 44.0 Å². The van der Waals surface area contributed by atoms with E-state index in [1.54, 1.807) is 6.07 Å². The molecule has 2 aromatic rings. The Morgan fingerprint density at radius 3 is 2.39 bits per heavy atom. The van der Waals surface area contributed by atoms with Crippen LogP contribution in [0.4, 0.5) is 5.69 Å². The molecule has 0 saturated carbocycles. The van der Waals surface area contributed by atoms with Gasteiger partial charge in [0.2, 0.25) is 0 Å². The van der Waals surface area contributed by atoms with Crippen LogP contribution in [0, 0.1) is 13.8 Å². The molecule has 0 atom stereocenters. The minimum Gasteiger partial charge on any atom is -0.490 e. The van der Waals surface area contributed by atoms with Crippen LogP contribution in [0.3, 0.4) is 0 Å². The maximum Gasteiger partial charge on any atom is 0.262 e. The van der Waals surface area contributed by atoms with Gasteiger partial charge in [-0.2, -0.15) is 0 Å². The summed E-state index contributed by atoms with van der Waals surface area (Å²) in [6, 6.07) is 13.3. The number of hydrogen-bond donors (Lipinski definition) is 1. The highest BCUT2D eigenvalue weighted by molar-refractivity contribution is 5.92. The number of hydrogen-bond acceptors (Lipinski definition) is 3. The lowest BCUT2D eigenvalue weighted by atomic mass is 10.1. The minimum atomic E-state index is -0.192. The maximum absolute atomic E-state index is 12.1. The molecule has 0 aromatic heterocycles. The fourth-order valence-electron chi connectivity index (χ4n) is 2.18. The molecule has 1 N–H and O–H groups in total. The second kappa shape index (κ2) is 8.22. The number of amides is 1. The van der Waals surface area contributed by atoms with Gasteiger partial charge in [0, 0.05) is 5.69 Å².